The van der Waals surface area contributed by atoms with E-state index in [2.05, 4.69) is 13.3 Å². The second-order valence-corrected chi connectivity index (χ2v) is 3.60. The van der Waals surface area contributed by atoms with Crippen LogP contribution in [0, 0.1) is 0 Å². The minimum atomic E-state index is 0.869. The molecule has 0 saturated carbocycles. The Kier molecular flexibility index (Phi) is 57.0. The standard InChI is InChI=1S/C2H8OSi.2CH6OSi/c1-2-3-4;2*1-2-3/h2H2,1,4H3;2*1,3H3. The molecule has 0 saturated heterocycles. The predicted octanol–water partition coefficient (Wildman–Crippen LogP) is -2.87. The normalized spacial score (nSPS) is 7.50. The average molecular weight is 200 g/mol. The van der Waals surface area contributed by atoms with Gasteiger partial charge in [-0.25, -0.2) is 0 Å². The Morgan fingerprint density at radius 1 is 1.00 bits per heavy atom. The van der Waals surface area contributed by atoms with Gasteiger partial charge in [-0.1, -0.05) is 0 Å². The minimum Gasteiger partial charge on any atom is -0.431 e. The number of hydrogen-bond acceptors (Lipinski definition) is 3. The van der Waals surface area contributed by atoms with Gasteiger partial charge in [0, 0.05) is 20.8 Å². The van der Waals surface area contributed by atoms with Crippen molar-refractivity contribution in [2.24, 2.45) is 0 Å². The third-order valence-corrected chi connectivity index (χ3v) is 0.866. The maximum Gasteiger partial charge on any atom is 0.145 e. The summed E-state index contributed by atoms with van der Waals surface area (Å²) in [7, 11) is 6.00. The molecule has 0 aliphatic carbocycles. The lowest BCUT2D eigenvalue weighted by Gasteiger charge is -1.77. The van der Waals surface area contributed by atoms with Crippen LogP contribution in [0.15, 0.2) is 0 Å². The highest BCUT2D eigenvalue weighted by Crippen LogP contribution is 1.50. The van der Waals surface area contributed by atoms with Crippen molar-refractivity contribution in [1.29, 1.82) is 0 Å². The molecule has 6 heteroatoms. The Hall–Kier alpha value is 0.531. The van der Waals surface area contributed by atoms with E-state index in [0.717, 1.165) is 38.1 Å². The number of hydrogen-bond donors (Lipinski definition) is 0. The van der Waals surface area contributed by atoms with Crippen molar-refractivity contribution in [3.05, 3.63) is 0 Å². The maximum atomic E-state index is 4.68. The van der Waals surface area contributed by atoms with Gasteiger partial charge < -0.3 is 13.3 Å². The summed E-state index contributed by atoms with van der Waals surface area (Å²) in [6, 6.07) is 0. The molecule has 0 aromatic carbocycles. The molecule has 0 heterocycles. The quantitative estimate of drug-likeness (QED) is 0.426. The van der Waals surface area contributed by atoms with E-state index < -0.39 is 0 Å². The highest BCUT2D eigenvalue weighted by atomic mass is 28.2. The summed E-state index contributed by atoms with van der Waals surface area (Å²) in [6.45, 7) is 2.87. The first-order chi connectivity index (χ1) is 4.74. The van der Waals surface area contributed by atoms with E-state index in [0.29, 0.717) is 0 Å². The summed E-state index contributed by atoms with van der Waals surface area (Å²) in [5.41, 5.74) is 0. The maximum absolute atomic E-state index is 4.68. The van der Waals surface area contributed by atoms with Crippen LogP contribution in [-0.4, -0.2) is 52.3 Å². The van der Waals surface area contributed by atoms with Crippen molar-refractivity contribution >= 4 is 31.5 Å². The van der Waals surface area contributed by atoms with Gasteiger partial charge in [0.2, 0.25) is 0 Å². The lowest BCUT2D eigenvalue weighted by molar-refractivity contribution is 0.375. The van der Waals surface area contributed by atoms with Gasteiger partial charge in [0.05, 0.1) is 0 Å². The third-order valence-electron chi connectivity index (χ3n) is 0.289. The Balaban J connectivity index is -0.0000000750. The van der Waals surface area contributed by atoms with Gasteiger partial charge in [-0.15, -0.1) is 0 Å². The summed E-state index contributed by atoms with van der Waals surface area (Å²) >= 11 is 0. The van der Waals surface area contributed by atoms with Gasteiger partial charge in [-0.05, 0) is 6.92 Å². The molecule has 0 radical (unpaired) electrons. The van der Waals surface area contributed by atoms with Crippen LogP contribution in [0.1, 0.15) is 6.92 Å². The van der Waals surface area contributed by atoms with Crippen LogP contribution in [0.5, 0.6) is 0 Å². The van der Waals surface area contributed by atoms with E-state index in [-0.39, 0.29) is 0 Å². The van der Waals surface area contributed by atoms with Crippen LogP contribution in [0.3, 0.4) is 0 Å². The molecule has 0 N–H and O–H groups in total. The van der Waals surface area contributed by atoms with Crippen molar-refractivity contribution in [2.75, 3.05) is 20.8 Å². The first kappa shape index (κ1) is 16.9. The van der Waals surface area contributed by atoms with Crippen molar-refractivity contribution < 1.29 is 13.3 Å². The molecule has 0 rings (SSSR count). The summed E-state index contributed by atoms with van der Waals surface area (Å²) in [6.07, 6.45) is 0. The fourth-order valence-electron chi connectivity index (χ4n) is 0. The van der Waals surface area contributed by atoms with E-state index >= 15 is 0 Å². The molecule has 3 nitrogen and oxygen atoms in total. The molecule has 0 aliphatic heterocycles. The van der Waals surface area contributed by atoms with Crippen LogP contribution in [-0.2, 0) is 13.3 Å². The first-order valence-corrected chi connectivity index (χ1v) is 5.49. The zero-order valence-corrected chi connectivity index (χ0v) is 13.9. The summed E-state index contributed by atoms with van der Waals surface area (Å²) in [5, 5.41) is 0. The average Bonchev–Trinajstić information content (AvgIpc) is 1.91. The smallest absolute Gasteiger partial charge is 0.145 e. The summed E-state index contributed by atoms with van der Waals surface area (Å²) < 4.78 is 13.5. The molecule has 0 aromatic rings. The predicted molar refractivity (Wildman–Crippen MR) is 55.5 cm³/mol. The van der Waals surface area contributed by atoms with Crippen LogP contribution >= 0.6 is 0 Å². The van der Waals surface area contributed by atoms with Gasteiger partial charge in [0.1, 0.15) is 31.5 Å². The molecular weight excluding hydrogens is 180 g/mol. The highest BCUT2D eigenvalue weighted by molar-refractivity contribution is 5.98. The second kappa shape index (κ2) is 33.8. The molecule has 0 fully saturated rings. The fraction of sp³-hybridized carbons (Fsp3) is 1.00. The minimum absolute atomic E-state index is 0.869. The Bertz CT molecular complexity index is 27.7. The van der Waals surface area contributed by atoms with Crippen molar-refractivity contribution in [3.8, 4) is 0 Å². The molecular formula is C4H20O3Si3. The zero-order valence-electron chi connectivity index (χ0n) is 7.93. The topological polar surface area (TPSA) is 27.7 Å². The zero-order chi connectivity index (χ0) is 8.83. The van der Waals surface area contributed by atoms with E-state index in [1.54, 1.807) is 14.2 Å². The Morgan fingerprint density at radius 2 is 1.10 bits per heavy atom. The Morgan fingerprint density at radius 3 is 1.10 bits per heavy atom. The molecule has 10 heavy (non-hydrogen) atoms. The van der Waals surface area contributed by atoms with Gasteiger partial charge in [-0.3, -0.25) is 0 Å². The molecule has 0 amide bonds. The molecule has 0 aliphatic rings. The van der Waals surface area contributed by atoms with Crippen LogP contribution in [0.2, 0.25) is 0 Å². The molecule has 66 valence electrons. The van der Waals surface area contributed by atoms with Crippen molar-refractivity contribution in [3.63, 3.8) is 0 Å². The third kappa shape index (κ3) is 206. The summed E-state index contributed by atoms with van der Waals surface area (Å²) in [4.78, 5) is 0. The molecule has 0 spiro atoms. The van der Waals surface area contributed by atoms with Crippen LogP contribution < -0.4 is 0 Å². The van der Waals surface area contributed by atoms with Gasteiger partial charge in [-0.2, -0.15) is 0 Å². The van der Waals surface area contributed by atoms with E-state index in [1.165, 1.54) is 0 Å². The lowest BCUT2D eigenvalue weighted by Crippen LogP contribution is -1.76. The first-order valence-electron chi connectivity index (χ1n) is 3.04. The number of rotatable bonds is 1. The fourth-order valence-corrected chi connectivity index (χ4v) is 0. The molecule has 0 aromatic heterocycles. The molecule has 0 atom stereocenters. The van der Waals surface area contributed by atoms with Gasteiger partial charge >= 0.3 is 0 Å². The van der Waals surface area contributed by atoms with Gasteiger partial charge in [0.25, 0.3) is 0 Å². The van der Waals surface area contributed by atoms with Crippen molar-refractivity contribution in [1.82, 2.24) is 0 Å². The summed E-state index contributed by atoms with van der Waals surface area (Å²) in [5.74, 6) is 0. The molecule has 0 bridgehead atoms. The van der Waals surface area contributed by atoms with Crippen LogP contribution in [0.25, 0.3) is 0 Å². The van der Waals surface area contributed by atoms with E-state index in [1.807, 2.05) is 6.92 Å². The molecule has 0 unspecified atom stereocenters. The SMILES string of the molecule is CCO[SiH3].CO[SiH3].CO[SiH3]. The largest absolute Gasteiger partial charge is 0.431 e. The lowest BCUT2D eigenvalue weighted by atomic mass is 10.9. The van der Waals surface area contributed by atoms with Crippen molar-refractivity contribution in [2.45, 2.75) is 6.92 Å². The second-order valence-electron chi connectivity index (χ2n) is 1.39. The monoisotopic (exact) mass is 200 g/mol. The Labute approximate surface area is 73.1 Å². The van der Waals surface area contributed by atoms with E-state index in [9.17, 15) is 0 Å². The van der Waals surface area contributed by atoms with Crippen LogP contribution in [0.4, 0.5) is 0 Å². The van der Waals surface area contributed by atoms with Gasteiger partial charge in [0.15, 0.2) is 0 Å². The highest BCUT2D eigenvalue weighted by Gasteiger charge is 1.51. The van der Waals surface area contributed by atoms with E-state index in [4.69, 9.17) is 0 Å².